The van der Waals surface area contributed by atoms with Crippen LogP contribution in [0.5, 0.6) is 0 Å². The van der Waals surface area contributed by atoms with Gasteiger partial charge in [-0.05, 0) is 24.3 Å². The number of nitro groups is 1. The van der Waals surface area contributed by atoms with Crippen molar-refractivity contribution in [3.05, 3.63) is 62.6 Å². The molecule has 0 atom stereocenters. The fourth-order valence-corrected chi connectivity index (χ4v) is 3.85. The Morgan fingerprint density at radius 1 is 1.13 bits per heavy atom. The maximum absolute atomic E-state index is 12.3. The summed E-state index contributed by atoms with van der Waals surface area (Å²) in [7, 11) is -3.62. The molecule has 0 saturated heterocycles. The molecule has 0 fully saturated rings. The summed E-state index contributed by atoms with van der Waals surface area (Å²) in [5.41, 5.74) is 0.391. The molecule has 0 bridgehead atoms. The average Bonchev–Trinajstić information content (AvgIpc) is 2.49. The third kappa shape index (κ3) is 4.57. The van der Waals surface area contributed by atoms with Crippen LogP contribution in [0.1, 0.15) is 0 Å². The van der Waals surface area contributed by atoms with E-state index < -0.39 is 14.8 Å². The Morgan fingerprint density at radius 3 is 2.57 bits per heavy atom. The topological polar surface area (TPSA) is 89.3 Å². The van der Waals surface area contributed by atoms with E-state index in [0.29, 0.717) is 5.69 Å². The zero-order chi connectivity index (χ0) is 17.0. The zero-order valence-corrected chi connectivity index (χ0v) is 14.0. The minimum absolute atomic E-state index is 0.0347. The molecule has 2 aromatic rings. The number of sulfone groups is 1. The van der Waals surface area contributed by atoms with Crippen molar-refractivity contribution >= 4 is 44.4 Å². The largest absolute Gasteiger partial charge is 0.384 e. The summed E-state index contributed by atoms with van der Waals surface area (Å²) in [6.07, 6.45) is 0. The molecule has 6 nitrogen and oxygen atoms in total. The molecule has 0 heterocycles. The molecule has 0 unspecified atom stereocenters. The zero-order valence-electron chi connectivity index (χ0n) is 11.7. The molecule has 0 aliphatic carbocycles. The van der Waals surface area contributed by atoms with Crippen LogP contribution in [-0.2, 0) is 9.84 Å². The molecule has 0 aromatic heterocycles. The van der Waals surface area contributed by atoms with Crippen LogP contribution >= 0.6 is 23.2 Å². The summed E-state index contributed by atoms with van der Waals surface area (Å²) < 4.78 is 24.6. The highest BCUT2D eigenvalue weighted by Gasteiger charge is 2.18. The van der Waals surface area contributed by atoms with Crippen LogP contribution in [0.2, 0.25) is 10.0 Å². The molecule has 0 radical (unpaired) electrons. The number of halogens is 2. The smallest absolute Gasteiger partial charge is 0.271 e. The van der Waals surface area contributed by atoms with Gasteiger partial charge in [-0.3, -0.25) is 10.1 Å². The lowest BCUT2D eigenvalue weighted by Crippen LogP contribution is -2.16. The Balaban J connectivity index is 2.07. The molecule has 0 saturated carbocycles. The van der Waals surface area contributed by atoms with Crippen LogP contribution < -0.4 is 5.32 Å². The van der Waals surface area contributed by atoms with E-state index in [2.05, 4.69) is 5.32 Å². The summed E-state index contributed by atoms with van der Waals surface area (Å²) in [5, 5.41) is 13.9. The normalized spacial score (nSPS) is 11.2. The number of non-ortho nitro benzene ring substituents is 1. The number of nitrogens with one attached hydrogen (secondary N) is 1. The van der Waals surface area contributed by atoms with Crippen molar-refractivity contribution in [1.29, 1.82) is 0 Å². The van der Waals surface area contributed by atoms with Gasteiger partial charge in [0.05, 0.1) is 20.6 Å². The predicted molar refractivity (Wildman–Crippen MR) is 90.1 cm³/mol. The van der Waals surface area contributed by atoms with E-state index in [1.807, 2.05) is 0 Å². The lowest BCUT2D eigenvalue weighted by atomic mass is 10.3. The minimum atomic E-state index is -3.62. The van der Waals surface area contributed by atoms with E-state index in [-0.39, 0.29) is 32.9 Å². The van der Waals surface area contributed by atoms with Crippen LogP contribution in [0.3, 0.4) is 0 Å². The number of benzene rings is 2. The standard InChI is InChI=1S/C14H12Cl2N2O4S/c15-10-4-5-13(16)14(8-10)23(21,22)7-6-17-11-2-1-3-12(9-11)18(19)20/h1-5,8-9,17H,6-7H2. The average molecular weight is 375 g/mol. The first-order chi connectivity index (χ1) is 10.8. The van der Waals surface area contributed by atoms with Gasteiger partial charge >= 0.3 is 0 Å². The number of nitrogens with zero attached hydrogens (tertiary/aromatic N) is 1. The van der Waals surface area contributed by atoms with Gasteiger partial charge in [-0.1, -0.05) is 29.3 Å². The third-order valence-electron chi connectivity index (χ3n) is 2.99. The van der Waals surface area contributed by atoms with Gasteiger partial charge in [0.1, 0.15) is 0 Å². The quantitative estimate of drug-likeness (QED) is 0.613. The highest BCUT2D eigenvalue weighted by atomic mass is 35.5. The molecule has 9 heteroatoms. The van der Waals surface area contributed by atoms with Crippen LogP contribution in [0.4, 0.5) is 11.4 Å². The minimum Gasteiger partial charge on any atom is -0.384 e. The molecule has 0 spiro atoms. The van der Waals surface area contributed by atoms with E-state index in [0.717, 1.165) is 0 Å². The Kier molecular flexibility index (Phi) is 5.46. The lowest BCUT2D eigenvalue weighted by Gasteiger charge is -2.09. The lowest BCUT2D eigenvalue weighted by molar-refractivity contribution is -0.384. The molecule has 2 rings (SSSR count). The van der Waals surface area contributed by atoms with Crippen molar-refractivity contribution in [1.82, 2.24) is 0 Å². The summed E-state index contributed by atoms with van der Waals surface area (Å²) in [5.74, 6) is -0.226. The molecular formula is C14H12Cl2N2O4S. The van der Waals surface area contributed by atoms with E-state index in [1.165, 1.54) is 36.4 Å². The Hall–Kier alpha value is -1.83. The SMILES string of the molecule is O=[N+]([O-])c1cccc(NCCS(=O)(=O)c2cc(Cl)ccc2Cl)c1. The van der Waals surface area contributed by atoms with Gasteiger partial charge in [-0.25, -0.2) is 8.42 Å². The fraction of sp³-hybridized carbons (Fsp3) is 0.143. The molecule has 0 amide bonds. The Labute approximate surface area is 143 Å². The Bertz CT molecular complexity index is 840. The maximum atomic E-state index is 12.3. The van der Waals surface area contributed by atoms with Gasteiger partial charge in [-0.2, -0.15) is 0 Å². The van der Waals surface area contributed by atoms with Crippen molar-refractivity contribution < 1.29 is 13.3 Å². The second kappa shape index (κ2) is 7.16. The monoisotopic (exact) mass is 374 g/mol. The summed E-state index contributed by atoms with van der Waals surface area (Å²) in [6.45, 7) is 0.0757. The summed E-state index contributed by atoms with van der Waals surface area (Å²) >= 11 is 11.7. The number of rotatable bonds is 6. The summed E-state index contributed by atoms with van der Waals surface area (Å²) in [6, 6.07) is 10.0. The van der Waals surface area contributed by atoms with E-state index in [1.54, 1.807) is 6.07 Å². The van der Waals surface area contributed by atoms with Gasteiger partial charge < -0.3 is 5.32 Å². The second-order valence-corrected chi connectivity index (χ2v) is 7.55. The molecule has 0 aliphatic heterocycles. The van der Waals surface area contributed by atoms with Gasteiger partial charge in [0.25, 0.3) is 5.69 Å². The highest BCUT2D eigenvalue weighted by molar-refractivity contribution is 7.91. The third-order valence-corrected chi connectivity index (χ3v) is 5.41. The van der Waals surface area contributed by atoms with Gasteiger partial charge in [0.15, 0.2) is 9.84 Å². The number of hydrogen-bond acceptors (Lipinski definition) is 5. The van der Waals surface area contributed by atoms with Crippen molar-refractivity contribution in [3.8, 4) is 0 Å². The van der Waals surface area contributed by atoms with Gasteiger partial charge in [0, 0.05) is 29.4 Å². The highest BCUT2D eigenvalue weighted by Crippen LogP contribution is 2.26. The fourth-order valence-electron chi connectivity index (χ4n) is 1.88. The van der Waals surface area contributed by atoms with Crippen molar-refractivity contribution in [2.45, 2.75) is 4.90 Å². The number of anilines is 1. The van der Waals surface area contributed by atoms with E-state index >= 15 is 0 Å². The van der Waals surface area contributed by atoms with Crippen LogP contribution in [0.25, 0.3) is 0 Å². The summed E-state index contributed by atoms with van der Waals surface area (Å²) in [4.78, 5) is 10.1. The van der Waals surface area contributed by atoms with Crippen molar-refractivity contribution in [2.24, 2.45) is 0 Å². The van der Waals surface area contributed by atoms with E-state index in [4.69, 9.17) is 23.2 Å². The molecule has 23 heavy (non-hydrogen) atoms. The predicted octanol–water partition coefficient (Wildman–Crippen LogP) is 3.79. The van der Waals surface area contributed by atoms with Gasteiger partial charge in [0.2, 0.25) is 0 Å². The van der Waals surface area contributed by atoms with E-state index in [9.17, 15) is 18.5 Å². The number of nitro benzene ring substituents is 1. The van der Waals surface area contributed by atoms with Crippen LogP contribution in [0.15, 0.2) is 47.4 Å². The first kappa shape index (κ1) is 17.5. The molecule has 0 aliphatic rings. The Morgan fingerprint density at radius 2 is 1.87 bits per heavy atom. The van der Waals surface area contributed by atoms with Gasteiger partial charge in [-0.15, -0.1) is 0 Å². The first-order valence-corrected chi connectivity index (χ1v) is 8.86. The van der Waals surface area contributed by atoms with Crippen LogP contribution in [0, 0.1) is 10.1 Å². The first-order valence-electron chi connectivity index (χ1n) is 6.46. The molecular weight excluding hydrogens is 363 g/mol. The van der Waals surface area contributed by atoms with Crippen LogP contribution in [-0.4, -0.2) is 25.6 Å². The number of hydrogen-bond donors (Lipinski definition) is 1. The molecule has 2 aromatic carbocycles. The maximum Gasteiger partial charge on any atom is 0.271 e. The second-order valence-electron chi connectivity index (χ2n) is 4.63. The van der Waals surface area contributed by atoms with Crippen molar-refractivity contribution in [3.63, 3.8) is 0 Å². The molecule has 1 N–H and O–H groups in total. The van der Waals surface area contributed by atoms with Crippen molar-refractivity contribution in [2.75, 3.05) is 17.6 Å². The molecule has 122 valence electrons.